The fourth-order valence-corrected chi connectivity index (χ4v) is 3.37. The first-order valence-electron chi connectivity index (χ1n) is 7.43. The molecule has 6 heteroatoms. The summed E-state index contributed by atoms with van der Waals surface area (Å²) in [5, 5.41) is 8.97. The molecule has 0 radical (unpaired) electrons. The average molecular weight is 422 g/mol. The summed E-state index contributed by atoms with van der Waals surface area (Å²) in [6, 6.07) is 4.28. The molecule has 0 saturated carbocycles. The van der Waals surface area contributed by atoms with Gasteiger partial charge in [0.1, 0.15) is 0 Å². The summed E-state index contributed by atoms with van der Waals surface area (Å²) < 4.78 is 0. The third-order valence-corrected chi connectivity index (χ3v) is 4.68. The van der Waals surface area contributed by atoms with Crippen molar-refractivity contribution in [2.45, 2.75) is 19.3 Å². The first-order chi connectivity index (χ1) is 9.78. The summed E-state index contributed by atoms with van der Waals surface area (Å²) in [5.74, 6) is 1.67. The average Bonchev–Trinajstić information content (AvgIpc) is 2.96. The number of guanidine groups is 1. The largest absolute Gasteiger partial charge is 0.356 e. The monoisotopic (exact) mass is 422 g/mol. The summed E-state index contributed by atoms with van der Waals surface area (Å²) in [4.78, 5) is 8.13. The normalized spacial score (nSPS) is 19.9. The van der Waals surface area contributed by atoms with Crippen LogP contribution in [0.1, 0.15) is 17.7 Å². The molecule has 4 nitrogen and oxygen atoms in total. The van der Waals surface area contributed by atoms with E-state index in [9.17, 15) is 0 Å². The van der Waals surface area contributed by atoms with E-state index in [0.717, 1.165) is 31.4 Å². The van der Waals surface area contributed by atoms with E-state index in [0.29, 0.717) is 0 Å². The Kier molecular flexibility index (Phi) is 9.26. The van der Waals surface area contributed by atoms with E-state index in [1.54, 1.807) is 0 Å². The van der Waals surface area contributed by atoms with Gasteiger partial charge in [-0.05, 0) is 50.2 Å². The lowest BCUT2D eigenvalue weighted by atomic mass is 9.99. The molecule has 1 aliphatic heterocycles. The lowest BCUT2D eigenvalue weighted by molar-refractivity contribution is 0.210. The Bertz CT molecular complexity index is 408. The second-order valence-electron chi connectivity index (χ2n) is 5.48. The number of aliphatic imine (C=N–C) groups is 1. The maximum atomic E-state index is 4.29. The van der Waals surface area contributed by atoms with Crippen LogP contribution in [0, 0.1) is 5.92 Å². The predicted octanol–water partition coefficient (Wildman–Crippen LogP) is 2.42. The zero-order valence-corrected chi connectivity index (χ0v) is 16.1. The molecule has 1 unspecified atom stereocenters. The number of halogens is 1. The highest BCUT2D eigenvalue weighted by Crippen LogP contribution is 2.13. The summed E-state index contributed by atoms with van der Waals surface area (Å²) >= 11 is 1.81. The predicted molar refractivity (Wildman–Crippen MR) is 103 cm³/mol. The minimum atomic E-state index is 0. The Morgan fingerprint density at radius 3 is 3.00 bits per heavy atom. The molecule has 1 aliphatic rings. The summed E-state index contributed by atoms with van der Waals surface area (Å²) in [7, 11) is 4.05. The zero-order chi connectivity index (χ0) is 14.2. The van der Waals surface area contributed by atoms with Gasteiger partial charge in [0.25, 0.3) is 0 Å². The highest BCUT2D eigenvalue weighted by Gasteiger charge is 2.17. The molecule has 2 N–H and O–H groups in total. The van der Waals surface area contributed by atoms with Crippen LogP contribution in [-0.4, -0.2) is 51.1 Å². The number of hydrogen-bond acceptors (Lipinski definition) is 3. The van der Waals surface area contributed by atoms with Gasteiger partial charge < -0.3 is 15.5 Å². The van der Waals surface area contributed by atoms with Crippen LogP contribution >= 0.6 is 35.3 Å². The maximum absolute atomic E-state index is 4.29. The Hall–Kier alpha value is -0.340. The van der Waals surface area contributed by atoms with E-state index < -0.39 is 0 Å². The van der Waals surface area contributed by atoms with E-state index in [1.165, 1.54) is 30.8 Å². The lowest BCUT2D eigenvalue weighted by Gasteiger charge is -2.30. The molecule has 1 saturated heterocycles. The van der Waals surface area contributed by atoms with Crippen LogP contribution in [0.3, 0.4) is 0 Å². The minimum absolute atomic E-state index is 0. The molecule has 0 bridgehead atoms. The van der Waals surface area contributed by atoms with Gasteiger partial charge in [-0.25, -0.2) is 0 Å². The van der Waals surface area contributed by atoms with Gasteiger partial charge in [-0.2, -0.15) is 0 Å². The number of nitrogens with zero attached hydrogens (tertiary/aromatic N) is 2. The van der Waals surface area contributed by atoms with Gasteiger partial charge in [0.05, 0.1) is 0 Å². The van der Waals surface area contributed by atoms with E-state index in [2.05, 4.69) is 45.1 Å². The quantitative estimate of drug-likeness (QED) is 0.435. The summed E-state index contributed by atoms with van der Waals surface area (Å²) in [6.45, 7) is 4.39. The zero-order valence-electron chi connectivity index (χ0n) is 13.0. The van der Waals surface area contributed by atoms with Crippen LogP contribution in [-0.2, 0) is 6.42 Å². The number of hydrogen-bond donors (Lipinski definition) is 2. The van der Waals surface area contributed by atoms with Gasteiger partial charge >= 0.3 is 0 Å². The minimum Gasteiger partial charge on any atom is -0.356 e. The van der Waals surface area contributed by atoms with Crippen molar-refractivity contribution in [1.29, 1.82) is 0 Å². The fourth-order valence-electron chi connectivity index (χ4n) is 2.66. The molecule has 0 aliphatic carbocycles. The second kappa shape index (κ2) is 10.4. The summed E-state index contributed by atoms with van der Waals surface area (Å²) in [5.41, 5.74) is 0. The molecule has 0 amide bonds. The third-order valence-electron chi connectivity index (χ3n) is 3.75. The Balaban J connectivity index is 0.00000220. The smallest absolute Gasteiger partial charge is 0.190 e. The Morgan fingerprint density at radius 1 is 1.48 bits per heavy atom. The number of piperidine rings is 1. The molecule has 2 heterocycles. The van der Waals surface area contributed by atoms with Crippen LogP contribution in [0.15, 0.2) is 22.5 Å². The molecular weight excluding hydrogens is 395 g/mol. The van der Waals surface area contributed by atoms with E-state index in [1.807, 2.05) is 18.4 Å². The lowest BCUT2D eigenvalue weighted by Crippen LogP contribution is -2.44. The molecule has 0 spiro atoms. The van der Waals surface area contributed by atoms with Crippen LogP contribution in [0.4, 0.5) is 0 Å². The second-order valence-corrected chi connectivity index (χ2v) is 6.51. The molecule has 2 rings (SSSR count). The van der Waals surface area contributed by atoms with E-state index in [-0.39, 0.29) is 24.0 Å². The molecule has 1 atom stereocenters. The van der Waals surface area contributed by atoms with Gasteiger partial charge in [0.2, 0.25) is 0 Å². The molecule has 21 heavy (non-hydrogen) atoms. The molecule has 1 aromatic rings. The Labute approximate surface area is 149 Å². The van der Waals surface area contributed by atoms with Gasteiger partial charge in [0.15, 0.2) is 5.96 Å². The first-order valence-corrected chi connectivity index (χ1v) is 8.31. The Morgan fingerprint density at radius 2 is 2.33 bits per heavy atom. The van der Waals surface area contributed by atoms with Crippen LogP contribution in [0.25, 0.3) is 0 Å². The molecular formula is C15H27IN4S. The van der Waals surface area contributed by atoms with Crippen molar-refractivity contribution < 1.29 is 0 Å². The van der Waals surface area contributed by atoms with E-state index in [4.69, 9.17) is 0 Å². The van der Waals surface area contributed by atoms with Crippen molar-refractivity contribution in [3.8, 4) is 0 Å². The van der Waals surface area contributed by atoms with Gasteiger partial charge in [0, 0.05) is 31.6 Å². The van der Waals surface area contributed by atoms with E-state index >= 15 is 0 Å². The summed E-state index contributed by atoms with van der Waals surface area (Å²) in [6.07, 6.45) is 3.70. The molecule has 1 aromatic heterocycles. The SMILES string of the molecule is CN=C(NCCc1cccs1)NCC1CCCN(C)C1.I. The number of nitrogens with one attached hydrogen (secondary N) is 2. The van der Waals surface area contributed by atoms with Crippen LogP contribution < -0.4 is 10.6 Å². The highest BCUT2D eigenvalue weighted by molar-refractivity contribution is 14.0. The van der Waals surface area contributed by atoms with Gasteiger partial charge in [-0.1, -0.05) is 6.07 Å². The first kappa shape index (κ1) is 18.7. The van der Waals surface area contributed by atoms with Crippen molar-refractivity contribution in [2.75, 3.05) is 40.3 Å². The van der Waals surface area contributed by atoms with Gasteiger partial charge in [-0.15, -0.1) is 35.3 Å². The van der Waals surface area contributed by atoms with Crippen molar-refractivity contribution in [1.82, 2.24) is 15.5 Å². The number of likely N-dealkylation sites (tertiary alicyclic amines) is 1. The van der Waals surface area contributed by atoms with Crippen molar-refractivity contribution in [2.24, 2.45) is 10.9 Å². The van der Waals surface area contributed by atoms with Gasteiger partial charge in [-0.3, -0.25) is 4.99 Å². The highest BCUT2D eigenvalue weighted by atomic mass is 127. The van der Waals surface area contributed by atoms with Crippen molar-refractivity contribution in [3.63, 3.8) is 0 Å². The molecule has 1 fully saturated rings. The molecule has 0 aromatic carbocycles. The number of rotatable bonds is 5. The van der Waals surface area contributed by atoms with Crippen molar-refractivity contribution in [3.05, 3.63) is 22.4 Å². The third kappa shape index (κ3) is 6.97. The fraction of sp³-hybridized carbons (Fsp3) is 0.667. The number of thiophene rings is 1. The van der Waals surface area contributed by atoms with Crippen LogP contribution in [0.5, 0.6) is 0 Å². The molecule has 120 valence electrons. The maximum Gasteiger partial charge on any atom is 0.190 e. The standard InChI is InChI=1S/C15H26N4S.HI/c1-16-15(17-8-7-14-6-4-10-20-14)18-11-13-5-3-9-19(2)12-13;/h4,6,10,13H,3,5,7-9,11-12H2,1-2H3,(H2,16,17,18);1H. The topological polar surface area (TPSA) is 39.7 Å². The van der Waals surface area contributed by atoms with Crippen LogP contribution in [0.2, 0.25) is 0 Å². The van der Waals surface area contributed by atoms with Crippen molar-refractivity contribution >= 4 is 41.3 Å².